The molecule has 0 radical (unpaired) electrons. The van der Waals surface area contributed by atoms with Gasteiger partial charge in [-0.15, -0.1) is 0 Å². The third-order valence-corrected chi connectivity index (χ3v) is 6.23. The Morgan fingerprint density at radius 2 is 1.82 bits per heavy atom. The van der Waals surface area contributed by atoms with Gasteiger partial charge in [-0.05, 0) is 30.5 Å². The van der Waals surface area contributed by atoms with Crippen molar-refractivity contribution in [1.29, 1.82) is 0 Å². The molecule has 1 aromatic rings. The minimum Gasteiger partial charge on any atom is -0.480 e. The van der Waals surface area contributed by atoms with E-state index >= 15 is 0 Å². The fourth-order valence-corrected chi connectivity index (χ4v) is 4.92. The van der Waals surface area contributed by atoms with E-state index in [2.05, 4.69) is 0 Å². The van der Waals surface area contributed by atoms with Crippen molar-refractivity contribution in [2.75, 3.05) is 12.8 Å². The van der Waals surface area contributed by atoms with Gasteiger partial charge in [-0.2, -0.15) is 4.31 Å². The fraction of sp³-hybridized carbons (Fsp3) is 0.462. The van der Waals surface area contributed by atoms with Crippen LogP contribution in [0, 0.1) is 0 Å². The Kier molecular flexibility index (Phi) is 4.59. The number of benzene rings is 1. The van der Waals surface area contributed by atoms with E-state index in [0.717, 1.165) is 10.6 Å². The van der Waals surface area contributed by atoms with Crippen molar-refractivity contribution in [1.82, 2.24) is 4.31 Å². The average Bonchev–Trinajstić information content (AvgIpc) is 2.87. The molecule has 0 saturated carbocycles. The number of hydrogen-bond acceptors (Lipinski definition) is 5. The molecule has 0 unspecified atom stereocenters. The number of sulfone groups is 1. The lowest BCUT2D eigenvalue weighted by molar-refractivity contribution is -0.140. The van der Waals surface area contributed by atoms with Crippen molar-refractivity contribution in [2.45, 2.75) is 29.5 Å². The molecule has 1 aliphatic rings. The van der Waals surface area contributed by atoms with Crippen LogP contribution >= 0.6 is 0 Å². The molecule has 1 fully saturated rings. The molecule has 0 bridgehead atoms. The van der Waals surface area contributed by atoms with Crippen molar-refractivity contribution in [3.8, 4) is 0 Å². The lowest BCUT2D eigenvalue weighted by Crippen LogP contribution is -2.40. The minimum absolute atomic E-state index is 0.0297. The summed E-state index contributed by atoms with van der Waals surface area (Å²) < 4.78 is 48.4. The van der Waals surface area contributed by atoms with Gasteiger partial charge in [0.2, 0.25) is 10.0 Å². The van der Waals surface area contributed by atoms with E-state index in [1.165, 1.54) is 24.3 Å². The molecule has 0 aromatic heterocycles. The van der Waals surface area contributed by atoms with Crippen LogP contribution < -0.4 is 0 Å². The van der Waals surface area contributed by atoms with Crippen LogP contribution in [0.4, 0.5) is 0 Å². The Hall–Kier alpha value is -1.45. The van der Waals surface area contributed by atoms with E-state index < -0.39 is 31.9 Å². The zero-order valence-electron chi connectivity index (χ0n) is 12.0. The van der Waals surface area contributed by atoms with Crippen LogP contribution in [0.5, 0.6) is 0 Å². The zero-order valence-corrected chi connectivity index (χ0v) is 13.6. The van der Waals surface area contributed by atoms with Gasteiger partial charge >= 0.3 is 5.97 Å². The maximum Gasteiger partial charge on any atom is 0.322 e. The van der Waals surface area contributed by atoms with Gasteiger partial charge in [-0.3, -0.25) is 4.79 Å². The minimum atomic E-state index is -3.89. The molecule has 0 amide bonds. The van der Waals surface area contributed by atoms with Crippen LogP contribution in [0.3, 0.4) is 0 Å². The summed E-state index contributed by atoms with van der Waals surface area (Å²) in [5, 5.41) is 9.09. The first-order chi connectivity index (χ1) is 10.1. The summed E-state index contributed by atoms with van der Waals surface area (Å²) in [4.78, 5) is 11.1. The second-order valence-corrected chi connectivity index (χ2v) is 9.36. The number of sulfonamides is 1. The highest BCUT2D eigenvalue weighted by molar-refractivity contribution is 7.90. The first kappa shape index (κ1) is 16.9. The Balaban J connectivity index is 2.28. The molecule has 1 N–H and O–H groups in total. The van der Waals surface area contributed by atoms with E-state index in [1.807, 2.05) is 0 Å². The monoisotopic (exact) mass is 347 g/mol. The molecule has 1 atom stereocenters. The maximum absolute atomic E-state index is 12.5. The fourth-order valence-electron chi connectivity index (χ4n) is 2.47. The van der Waals surface area contributed by atoms with Crippen LogP contribution in [-0.2, 0) is 30.4 Å². The highest BCUT2D eigenvalue weighted by atomic mass is 32.2. The van der Waals surface area contributed by atoms with Crippen molar-refractivity contribution >= 4 is 25.8 Å². The van der Waals surface area contributed by atoms with Crippen molar-refractivity contribution < 1.29 is 26.7 Å². The summed E-state index contributed by atoms with van der Waals surface area (Å²) in [6.45, 7) is 0.171. The van der Waals surface area contributed by atoms with Gasteiger partial charge in [-0.1, -0.05) is 12.1 Å². The molecule has 9 heteroatoms. The molecule has 1 saturated heterocycles. The molecule has 0 aliphatic carbocycles. The quantitative estimate of drug-likeness (QED) is 0.829. The first-order valence-electron chi connectivity index (χ1n) is 6.62. The van der Waals surface area contributed by atoms with Gasteiger partial charge in [-0.25, -0.2) is 16.8 Å². The molecule has 2 rings (SSSR count). The van der Waals surface area contributed by atoms with Crippen molar-refractivity contribution in [3.05, 3.63) is 29.8 Å². The van der Waals surface area contributed by atoms with Crippen LogP contribution in [0.15, 0.2) is 29.2 Å². The lowest BCUT2D eigenvalue weighted by atomic mass is 10.2. The van der Waals surface area contributed by atoms with Crippen LogP contribution in [-0.4, -0.2) is 51.1 Å². The third kappa shape index (κ3) is 3.65. The Morgan fingerprint density at radius 3 is 2.32 bits per heavy atom. The van der Waals surface area contributed by atoms with Gasteiger partial charge < -0.3 is 5.11 Å². The molecule has 22 heavy (non-hydrogen) atoms. The summed E-state index contributed by atoms with van der Waals surface area (Å²) in [6.07, 6.45) is 1.89. The number of nitrogens with zero attached hydrogens (tertiary/aromatic N) is 1. The Labute approximate surface area is 129 Å². The molecular weight excluding hydrogens is 330 g/mol. The number of aliphatic carboxylic acids is 1. The van der Waals surface area contributed by atoms with Gasteiger partial charge in [0.25, 0.3) is 0 Å². The second kappa shape index (κ2) is 5.98. The van der Waals surface area contributed by atoms with Crippen LogP contribution in [0.25, 0.3) is 0 Å². The lowest BCUT2D eigenvalue weighted by Gasteiger charge is -2.21. The summed E-state index contributed by atoms with van der Waals surface area (Å²) in [7, 11) is -7.09. The number of carboxylic acid groups (broad SMARTS) is 1. The summed E-state index contributed by atoms with van der Waals surface area (Å²) in [5.41, 5.74) is 0.484. The average molecular weight is 347 g/mol. The smallest absolute Gasteiger partial charge is 0.322 e. The topological polar surface area (TPSA) is 109 Å². The zero-order chi connectivity index (χ0) is 16.5. The molecule has 7 nitrogen and oxygen atoms in total. The van der Waals surface area contributed by atoms with E-state index in [0.29, 0.717) is 18.4 Å². The predicted molar refractivity (Wildman–Crippen MR) is 79.5 cm³/mol. The normalized spacial score (nSPS) is 20.1. The summed E-state index contributed by atoms with van der Waals surface area (Å²) in [5.74, 6) is -1.33. The van der Waals surface area contributed by atoms with Crippen molar-refractivity contribution in [3.63, 3.8) is 0 Å². The van der Waals surface area contributed by atoms with E-state index in [-0.39, 0.29) is 17.2 Å². The van der Waals surface area contributed by atoms with Gasteiger partial charge in [0, 0.05) is 12.8 Å². The summed E-state index contributed by atoms with van der Waals surface area (Å²) in [6, 6.07) is 4.44. The Morgan fingerprint density at radius 1 is 1.23 bits per heavy atom. The molecule has 1 aliphatic heterocycles. The molecule has 1 heterocycles. The number of carboxylic acids is 1. The van der Waals surface area contributed by atoms with E-state index in [4.69, 9.17) is 5.11 Å². The van der Waals surface area contributed by atoms with E-state index in [1.54, 1.807) is 0 Å². The maximum atomic E-state index is 12.5. The highest BCUT2D eigenvalue weighted by Gasteiger charge is 2.39. The van der Waals surface area contributed by atoms with Crippen molar-refractivity contribution in [2.24, 2.45) is 0 Å². The standard InChI is InChI=1S/C13H17NO6S2/c1-21(17,18)9-10-4-6-11(7-5-10)22(19,20)14-8-2-3-12(14)13(15)16/h4-7,12H,2-3,8-9H2,1H3,(H,15,16)/t12-/m0/s1. The predicted octanol–water partition coefficient (Wildman–Crippen LogP) is 0.469. The van der Waals surface area contributed by atoms with Crippen LogP contribution in [0.2, 0.25) is 0 Å². The largest absolute Gasteiger partial charge is 0.480 e. The van der Waals surface area contributed by atoms with Gasteiger partial charge in [0.1, 0.15) is 6.04 Å². The van der Waals surface area contributed by atoms with Crippen LogP contribution in [0.1, 0.15) is 18.4 Å². The second-order valence-electron chi connectivity index (χ2n) is 5.33. The van der Waals surface area contributed by atoms with E-state index in [9.17, 15) is 21.6 Å². The third-order valence-electron chi connectivity index (χ3n) is 3.45. The molecule has 122 valence electrons. The molecule has 1 aromatic carbocycles. The number of carbonyl (C=O) groups is 1. The Bertz CT molecular complexity index is 767. The van der Waals surface area contributed by atoms with Gasteiger partial charge in [0.15, 0.2) is 9.84 Å². The summed E-state index contributed by atoms with van der Waals surface area (Å²) >= 11 is 0. The van der Waals surface area contributed by atoms with Gasteiger partial charge in [0.05, 0.1) is 10.6 Å². The molecular formula is C13H17NO6S2. The molecule has 0 spiro atoms. The first-order valence-corrected chi connectivity index (χ1v) is 10.1. The number of rotatable bonds is 5. The SMILES string of the molecule is CS(=O)(=O)Cc1ccc(S(=O)(=O)N2CCC[C@H]2C(=O)O)cc1. The highest BCUT2D eigenvalue weighted by Crippen LogP contribution is 2.26. The number of hydrogen-bond donors (Lipinski definition) is 1.